The molecule has 1 aromatic carbocycles. The van der Waals surface area contributed by atoms with Gasteiger partial charge in [-0.2, -0.15) is 0 Å². The lowest BCUT2D eigenvalue weighted by atomic mass is 9.83. The number of ether oxygens (including phenoxy) is 4. The molecule has 0 amide bonds. The van der Waals surface area contributed by atoms with Crippen molar-refractivity contribution in [2.45, 2.75) is 32.8 Å². The zero-order chi connectivity index (χ0) is 18.7. The summed E-state index contributed by atoms with van der Waals surface area (Å²) in [6.45, 7) is 4.51. The van der Waals surface area contributed by atoms with Gasteiger partial charge in [0.15, 0.2) is 5.41 Å². The minimum atomic E-state index is -1.21. The van der Waals surface area contributed by atoms with Gasteiger partial charge in [-0.15, -0.1) is 0 Å². The molecule has 0 unspecified atom stereocenters. The first-order valence-electron chi connectivity index (χ1n) is 9.15. The molecule has 26 heavy (non-hydrogen) atoms. The van der Waals surface area contributed by atoms with E-state index in [-0.39, 0.29) is 31.2 Å². The number of carbonyl (C=O) groups is 2. The fourth-order valence-electron chi connectivity index (χ4n) is 4.23. The van der Waals surface area contributed by atoms with Gasteiger partial charge in [0.1, 0.15) is 5.75 Å². The summed E-state index contributed by atoms with van der Waals surface area (Å²) in [7, 11) is 1.63. The Morgan fingerprint density at radius 3 is 2.23 bits per heavy atom. The number of carbonyl (C=O) groups excluding carboxylic acids is 2. The zero-order valence-electron chi connectivity index (χ0n) is 15.5. The van der Waals surface area contributed by atoms with Gasteiger partial charge in [0.2, 0.25) is 0 Å². The quantitative estimate of drug-likeness (QED) is 0.572. The third kappa shape index (κ3) is 3.18. The van der Waals surface area contributed by atoms with Crippen molar-refractivity contribution in [1.29, 1.82) is 0 Å². The number of hydrogen-bond donors (Lipinski definition) is 0. The molecule has 6 nitrogen and oxygen atoms in total. The van der Waals surface area contributed by atoms with Crippen molar-refractivity contribution in [2.75, 3.05) is 26.9 Å². The highest BCUT2D eigenvalue weighted by Crippen LogP contribution is 2.56. The summed E-state index contributed by atoms with van der Waals surface area (Å²) >= 11 is 0. The van der Waals surface area contributed by atoms with Crippen LogP contribution < -0.4 is 4.74 Å². The normalized spacial score (nSPS) is 26.2. The molecule has 3 rings (SSSR count). The van der Waals surface area contributed by atoms with E-state index in [2.05, 4.69) is 0 Å². The number of rotatable bonds is 6. The summed E-state index contributed by atoms with van der Waals surface area (Å²) in [4.78, 5) is 25.3. The van der Waals surface area contributed by atoms with Gasteiger partial charge in [0.25, 0.3) is 0 Å². The van der Waals surface area contributed by atoms with E-state index in [4.69, 9.17) is 18.9 Å². The predicted octanol–water partition coefficient (Wildman–Crippen LogP) is 2.91. The highest BCUT2D eigenvalue weighted by Gasteiger charge is 2.61. The maximum absolute atomic E-state index is 12.7. The second-order valence-electron chi connectivity index (χ2n) is 6.88. The van der Waals surface area contributed by atoms with Crippen molar-refractivity contribution in [2.24, 2.45) is 17.3 Å². The topological polar surface area (TPSA) is 71.1 Å². The van der Waals surface area contributed by atoms with Gasteiger partial charge in [-0.25, -0.2) is 0 Å². The van der Waals surface area contributed by atoms with Crippen LogP contribution >= 0.6 is 0 Å². The molecule has 6 heteroatoms. The van der Waals surface area contributed by atoms with Crippen LogP contribution in [0.5, 0.6) is 5.75 Å². The molecule has 1 aliphatic carbocycles. The molecule has 1 aromatic rings. The third-order valence-electron chi connectivity index (χ3n) is 5.46. The monoisotopic (exact) mass is 362 g/mol. The molecule has 0 spiro atoms. The first-order valence-corrected chi connectivity index (χ1v) is 9.15. The van der Waals surface area contributed by atoms with Gasteiger partial charge in [-0.1, -0.05) is 12.1 Å². The van der Waals surface area contributed by atoms with Gasteiger partial charge in [0.05, 0.1) is 33.0 Å². The molecule has 0 bridgehead atoms. The van der Waals surface area contributed by atoms with Gasteiger partial charge in [0, 0.05) is 0 Å². The van der Waals surface area contributed by atoms with E-state index < -0.39 is 17.4 Å². The highest BCUT2D eigenvalue weighted by molar-refractivity contribution is 6.00. The molecule has 1 aliphatic heterocycles. The van der Waals surface area contributed by atoms with Crippen LogP contribution in [-0.2, 0) is 23.8 Å². The van der Waals surface area contributed by atoms with Crippen molar-refractivity contribution in [3.05, 3.63) is 29.8 Å². The van der Waals surface area contributed by atoms with E-state index in [0.717, 1.165) is 11.3 Å². The molecule has 0 N–H and O–H groups in total. The lowest BCUT2D eigenvalue weighted by Crippen LogP contribution is -2.41. The second kappa shape index (κ2) is 7.66. The van der Waals surface area contributed by atoms with Gasteiger partial charge < -0.3 is 18.9 Å². The van der Waals surface area contributed by atoms with Crippen molar-refractivity contribution in [3.8, 4) is 5.75 Å². The summed E-state index contributed by atoms with van der Waals surface area (Å²) < 4.78 is 21.7. The van der Waals surface area contributed by atoms with Crippen LogP contribution in [0.4, 0.5) is 0 Å². The smallest absolute Gasteiger partial charge is 0.323 e. The molecule has 0 radical (unpaired) electrons. The summed E-state index contributed by atoms with van der Waals surface area (Å²) in [6.07, 6.45) is 0.672. The Bertz CT molecular complexity index is 635. The van der Waals surface area contributed by atoms with E-state index in [1.165, 1.54) is 0 Å². The molecule has 0 aromatic heterocycles. The molecule has 2 fully saturated rings. The highest BCUT2D eigenvalue weighted by atomic mass is 16.6. The molecule has 3 atom stereocenters. The molecule has 1 heterocycles. The van der Waals surface area contributed by atoms with E-state index in [1.54, 1.807) is 21.0 Å². The van der Waals surface area contributed by atoms with Crippen LogP contribution in [0.2, 0.25) is 0 Å². The van der Waals surface area contributed by atoms with Crippen LogP contribution in [0.15, 0.2) is 24.3 Å². The Morgan fingerprint density at radius 1 is 1.08 bits per heavy atom. The Labute approximate surface area is 153 Å². The minimum absolute atomic E-state index is 0.0807. The van der Waals surface area contributed by atoms with Crippen LogP contribution in [0.3, 0.4) is 0 Å². The Hall–Kier alpha value is -2.08. The van der Waals surface area contributed by atoms with Gasteiger partial charge in [-0.3, -0.25) is 9.59 Å². The van der Waals surface area contributed by atoms with Crippen LogP contribution in [-0.4, -0.2) is 38.9 Å². The molecule has 1 saturated heterocycles. The van der Waals surface area contributed by atoms with E-state index >= 15 is 0 Å². The SMILES string of the molecule is CCOC(=O)C1(C(=O)OCC)C[C@H]2CO[C@H](c3ccc(OC)cc3)[C@H]2C1. The van der Waals surface area contributed by atoms with Crippen LogP contribution in [0, 0.1) is 17.3 Å². The van der Waals surface area contributed by atoms with Crippen molar-refractivity contribution >= 4 is 11.9 Å². The molecule has 2 aliphatic rings. The maximum Gasteiger partial charge on any atom is 0.323 e. The number of esters is 2. The number of hydrogen-bond acceptors (Lipinski definition) is 6. The molecule has 1 saturated carbocycles. The van der Waals surface area contributed by atoms with Crippen molar-refractivity contribution < 1.29 is 28.5 Å². The Morgan fingerprint density at radius 2 is 1.69 bits per heavy atom. The maximum atomic E-state index is 12.7. The van der Waals surface area contributed by atoms with Crippen molar-refractivity contribution in [3.63, 3.8) is 0 Å². The first kappa shape index (κ1) is 18.7. The largest absolute Gasteiger partial charge is 0.497 e. The fraction of sp³-hybridized carbons (Fsp3) is 0.600. The van der Waals surface area contributed by atoms with Crippen LogP contribution in [0.1, 0.15) is 38.4 Å². The van der Waals surface area contributed by atoms with Crippen molar-refractivity contribution in [1.82, 2.24) is 0 Å². The molecular formula is C20H26O6. The zero-order valence-corrected chi connectivity index (χ0v) is 15.5. The molecular weight excluding hydrogens is 336 g/mol. The number of methoxy groups -OCH3 is 1. The van der Waals surface area contributed by atoms with E-state index in [0.29, 0.717) is 19.4 Å². The number of benzene rings is 1. The summed E-state index contributed by atoms with van der Waals surface area (Å²) in [5.41, 5.74) is -0.183. The Balaban J connectivity index is 1.85. The van der Waals surface area contributed by atoms with E-state index in [9.17, 15) is 9.59 Å². The lowest BCUT2D eigenvalue weighted by Gasteiger charge is -2.26. The average Bonchev–Trinajstić information content (AvgIpc) is 3.21. The minimum Gasteiger partial charge on any atom is -0.497 e. The van der Waals surface area contributed by atoms with Gasteiger partial charge >= 0.3 is 11.9 Å². The summed E-state index contributed by atoms with van der Waals surface area (Å²) in [6, 6.07) is 7.73. The summed E-state index contributed by atoms with van der Waals surface area (Å²) in [5, 5.41) is 0. The average molecular weight is 362 g/mol. The first-order chi connectivity index (χ1) is 12.6. The van der Waals surface area contributed by atoms with Gasteiger partial charge in [-0.05, 0) is 56.2 Å². The lowest BCUT2D eigenvalue weighted by molar-refractivity contribution is -0.172. The van der Waals surface area contributed by atoms with E-state index in [1.807, 2.05) is 24.3 Å². The third-order valence-corrected chi connectivity index (χ3v) is 5.46. The fourth-order valence-corrected chi connectivity index (χ4v) is 4.23. The Kier molecular flexibility index (Phi) is 5.51. The summed E-state index contributed by atoms with van der Waals surface area (Å²) in [5.74, 6) is 0.0536. The van der Waals surface area contributed by atoms with Crippen LogP contribution in [0.25, 0.3) is 0 Å². The standard InChI is InChI=1S/C20H26O6/c1-4-24-18(21)20(19(22)25-5-2)10-14-12-26-17(16(14)11-20)13-6-8-15(23-3)9-7-13/h6-9,14,16-17H,4-5,10-12H2,1-3H3/t14-,16-,17+/m0/s1. The molecule has 142 valence electrons. The number of fused-ring (bicyclic) bond motifs is 1. The second-order valence-corrected chi connectivity index (χ2v) is 6.88. The predicted molar refractivity (Wildman–Crippen MR) is 93.6 cm³/mol.